The van der Waals surface area contributed by atoms with Crippen LogP contribution in [0.1, 0.15) is 74.7 Å². The molecule has 0 saturated carbocycles. The first-order chi connectivity index (χ1) is 23.9. The molecule has 2 amide bonds. The molecule has 0 saturated heterocycles. The Balaban J connectivity index is 2.79. The third-order valence-electron chi connectivity index (χ3n) is 7.85. The van der Waals surface area contributed by atoms with Crippen molar-refractivity contribution >= 4 is 42.2 Å². The van der Waals surface area contributed by atoms with Gasteiger partial charge in [0.15, 0.2) is 11.9 Å². The van der Waals surface area contributed by atoms with Crippen molar-refractivity contribution in [1.29, 1.82) is 0 Å². The number of carboxylic acid groups (broad SMARTS) is 1. The number of hydrogen-bond acceptors (Lipinski definition) is 8. The SMILES string of the molecule is CC(C)=CC=CC(C)=CC=CC=C(C)C=CC=C(C)C=CC1=C(C)C(=O)C(OC(=O)CNC(=O)C(CS)NC(=O)CCC(N)C(=O)O)CC1(C)C. The van der Waals surface area contributed by atoms with E-state index in [1.807, 2.05) is 82.4 Å². The van der Waals surface area contributed by atoms with E-state index in [1.54, 1.807) is 6.92 Å². The zero-order valence-electron chi connectivity index (χ0n) is 31.1. The predicted molar refractivity (Wildman–Crippen MR) is 207 cm³/mol. The highest BCUT2D eigenvalue weighted by Crippen LogP contribution is 2.40. The van der Waals surface area contributed by atoms with Crippen molar-refractivity contribution < 1.29 is 33.8 Å². The van der Waals surface area contributed by atoms with Crippen LogP contribution in [0.15, 0.2) is 106 Å². The van der Waals surface area contributed by atoms with Gasteiger partial charge in [0.2, 0.25) is 11.8 Å². The Morgan fingerprint density at radius 3 is 2.04 bits per heavy atom. The maximum Gasteiger partial charge on any atom is 0.326 e. The molecule has 278 valence electrons. The molecule has 1 aliphatic rings. The van der Waals surface area contributed by atoms with Gasteiger partial charge in [0, 0.05) is 18.6 Å². The fraction of sp³-hybridized carbons (Fsp3) is 0.425. The molecule has 3 atom stereocenters. The van der Waals surface area contributed by atoms with Crippen LogP contribution in [0.4, 0.5) is 0 Å². The van der Waals surface area contributed by atoms with Gasteiger partial charge in [-0.25, -0.2) is 0 Å². The number of carbonyl (C=O) groups excluding carboxylic acids is 4. The van der Waals surface area contributed by atoms with Crippen molar-refractivity contribution in [2.24, 2.45) is 11.1 Å². The van der Waals surface area contributed by atoms with E-state index in [4.69, 9.17) is 15.6 Å². The first-order valence-electron chi connectivity index (χ1n) is 16.9. The zero-order chi connectivity index (χ0) is 38.7. The fourth-order valence-electron chi connectivity index (χ4n) is 4.89. The molecule has 0 aliphatic heterocycles. The predicted octanol–water partition coefficient (Wildman–Crippen LogP) is 5.97. The van der Waals surface area contributed by atoms with Crippen LogP contribution in [0.25, 0.3) is 0 Å². The Labute approximate surface area is 308 Å². The summed E-state index contributed by atoms with van der Waals surface area (Å²) in [6, 6.07) is -2.28. The van der Waals surface area contributed by atoms with Gasteiger partial charge >= 0.3 is 11.9 Å². The van der Waals surface area contributed by atoms with Crippen molar-refractivity contribution in [2.45, 2.75) is 92.8 Å². The minimum absolute atomic E-state index is 0.0692. The molecule has 0 aromatic carbocycles. The molecule has 0 spiro atoms. The van der Waals surface area contributed by atoms with Crippen LogP contribution in [-0.4, -0.2) is 65.1 Å². The number of aliphatic carboxylic acids is 1. The van der Waals surface area contributed by atoms with Crippen molar-refractivity contribution in [3.63, 3.8) is 0 Å². The molecule has 0 aromatic heterocycles. The smallest absolute Gasteiger partial charge is 0.326 e. The van der Waals surface area contributed by atoms with Gasteiger partial charge < -0.3 is 26.2 Å². The number of ether oxygens (including phenoxy) is 1. The van der Waals surface area contributed by atoms with Gasteiger partial charge in [-0.05, 0) is 64.5 Å². The summed E-state index contributed by atoms with van der Waals surface area (Å²) in [5.41, 5.74) is 10.8. The van der Waals surface area contributed by atoms with Crippen LogP contribution in [0.5, 0.6) is 0 Å². The number of amides is 2. The van der Waals surface area contributed by atoms with Crippen LogP contribution in [0.2, 0.25) is 0 Å². The summed E-state index contributed by atoms with van der Waals surface area (Å²) in [6.45, 7) is 15.3. The Morgan fingerprint density at radius 1 is 0.941 bits per heavy atom. The third kappa shape index (κ3) is 17.3. The van der Waals surface area contributed by atoms with E-state index in [1.165, 1.54) is 5.57 Å². The van der Waals surface area contributed by atoms with Gasteiger partial charge in [-0.1, -0.05) is 109 Å². The lowest BCUT2D eigenvalue weighted by molar-refractivity contribution is -0.155. The molecule has 0 aromatic rings. The monoisotopic (exact) mass is 721 g/mol. The molecule has 0 heterocycles. The highest BCUT2D eigenvalue weighted by atomic mass is 32.1. The van der Waals surface area contributed by atoms with Crippen molar-refractivity contribution in [2.75, 3.05) is 12.3 Å². The molecule has 11 heteroatoms. The summed E-state index contributed by atoms with van der Waals surface area (Å²) in [7, 11) is 0. The average molecular weight is 722 g/mol. The van der Waals surface area contributed by atoms with Crippen molar-refractivity contribution in [3.8, 4) is 0 Å². The highest BCUT2D eigenvalue weighted by molar-refractivity contribution is 7.80. The second-order valence-corrected chi connectivity index (χ2v) is 13.8. The van der Waals surface area contributed by atoms with Crippen LogP contribution < -0.4 is 16.4 Å². The van der Waals surface area contributed by atoms with Crippen molar-refractivity contribution in [3.05, 3.63) is 106 Å². The van der Waals surface area contributed by atoms with Crippen molar-refractivity contribution in [1.82, 2.24) is 10.6 Å². The summed E-state index contributed by atoms with van der Waals surface area (Å²) in [6.07, 6.45) is 23.1. The maximum atomic E-state index is 13.2. The van der Waals surface area contributed by atoms with Gasteiger partial charge in [0.25, 0.3) is 0 Å². The molecule has 10 nitrogen and oxygen atoms in total. The molecule has 51 heavy (non-hydrogen) atoms. The number of carbonyl (C=O) groups is 5. The molecule has 1 rings (SSSR count). The molecular weight excluding hydrogens is 667 g/mol. The molecule has 5 N–H and O–H groups in total. The second-order valence-electron chi connectivity index (χ2n) is 13.4. The highest BCUT2D eigenvalue weighted by Gasteiger charge is 2.40. The van der Waals surface area contributed by atoms with Gasteiger partial charge in [-0.3, -0.25) is 24.0 Å². The number of hydrogen-bond donors (Lipinski definition) is 5. The number of rotatable bonds is 18. The Kier molecular flexibility index (Phi) is 19.5. The van der Waals surface area contributed by atoms with E-state index in [2.05, 4.69) is 62.3 Å². The molecule has 0 bridgehead atoms. The Bertz CT molecular complexity index is 1570. The molecule has 1 aliphatic carbocycles. The normalized spacial score (nSPS) is 18.4. The number of carboxylic acids is 1. The summed E-state index contributed by atoms with van der Waals surface area (Å²) in [5, 5.41) is 13.7. The van der Waals surface area contributed by atoms with Gasteiger partial charge in [0.05, 0.1) is 0 Å². The average Bonchev–Trinajstić information content (AvgIpc) is 3.05. The quantitative estimate of drug-likeness (QED) is 0.0657. The van der Waals surface area contributed by atoms with Gasteiger partial charge in [0.1, 0.15) is 18.6 Å². The lowest BCUT2D eigenvalue weighted by atomic mass is 9.71. The van der Waals surface area contributed by atoms with Crippen LogP contribution in [0, 0.1) is 5.41 Å². The number of Topliss-reactive ketones (excluding diaryl/α,β-unsaturated/α-hetero) is 1. The van der Waals surface area contributed by atoms with E-state index in [9.17, 15) is 24.0 Å². The molecular formula is C40H55N3O7S. The molecule has 0 fully saturated rings. The summed E-state index contributed by atoms with van der Waals surface area (Å²) < 4.78 is 5.49. The van der Waals surface area contributed by atoms with Gasteiger partial charge in [-0.15, -0.1) is 0 Å². The summed E-state index contributed by atoms with van der Waals surface area (Å²) in [5.74, 6) is -3.67. The Hall–Kier alpha value is -4.48. The van der Waals surface area contributed by atoms with Crippen LogP contribution in [0.3, 0.4) is 0 Å². The van der Waals surface area contributed by atoms with Gasteiger partial charge in [-0.2, -0.15) is 12.6 Å². The fourth-order valence-corrected chi connectivity index (χ4v) is 5.14. The molecule has 3 unspecified atom stereocenters. The largest absolute Gasteiger partial charge is 0.480 e. The van der Waals surface area contributed by atoms with E-state index < -0.39 is 53.9 Å². The number of ketones is 1. The van der Waals surface area contributed by atoms with E-state index in [0.717, 1.165) is 22.3 Å². The molecule has 0 radical (unpaired) electrons. The summed E-state index contributed by atoms with van der Waals surface area (Å²) in [4.78, 5) is 61.4. The topological polar surface area (TPSA) is 165 Å². The van der Waals surface area contributed by atoms with E-state index in [0.29, 0.717) is 5.57 Å². The number of thiol groups is 1. The third-order valence-corrected chi connectivity index (χ3v) is 8.22. The maximum absolute atomic E-state index is 13.2. The Morgan fingerprint density at radius 2 is 1.49 bits per heavy atom. The number of esters is 1. The van der Waals surface area contributed by atoms with Crippen LogP contribution >= 0.6 is 12.6 Å². The minimum Gasteiger partial charge on any atom is -0.480 e. The van der Waals surface area contributed by atoms with Crippen LogP contribution in [-0.2, 0) is 28.7 Å². The zero-order valence-corrected chi connectivity index (χ0v) is 32.0. The standard InChI is InChI=1S/C40H55N3O7S/c1-26(2)13-11-16-27(3)14-9-10-15-28(4)17-12-18-29(5)19-20-31-30(6)37(46)34(23-40(31,7)8)50-36(45)24-42-38(47)33(25-51)43-35(44)22-21-32(41)39(48)49/h9-20,32-34,51H,21-25,41H2,1-8H3,(H,42,47)(H,43,44)(H,48,49). The lowest BCUT2D eigenvalue weighted by Crippen LogP contribution is -2.49. The number of nitrogens with one attached hydrogen (secondary N) is 2. The first-order valence-corrected chi connectivity index (χ1v) is 17.5. The number of allylic oxidation sites excluding steroid dienone is 17. The number of nitrogens with two attached hydrogens (primary N) is 1. The van der Waals surface area contributed by atoms with E-state index in [-0.39, 0.29) is 30.8 Å². The minimum atomic E-state index is -1.24. The summed E-state index contributed by atoms with van der Waals surface area (Å²) >= 11 is 4.07. The lowest BCUT2D eigenvalue weighted by Gasteiger charge is -2.36. The second kappa shape index (κ2) is 22.4. The van der Waals surface area contributed by atoms with E-state index >= 15 is 0 Å². The first kappa shape index (κ1) is 44.5.